The van der Waals surface area contributed by atoms with Crippen LogP contribution < -0.4 is 5.73 Å². The van der Waals surface area contributed by atoms with Crippen LogP contribution in [0.2, 0.25) is 0 Å². The van der Waals surface area contributed by atoms with Crippen LogP contribution in [0.3, 0.4) is 0 Å². The van der Waals surface area contributed by atoms with E-state index in [2.05, 4.69) is 18.7 Å². The van der Waals surface area contributed by atoms with E-state index in [-0.39, 0.29) is 17.5 Å². The molecule has 0 aromatic carbocycles. The van der Waals surface area contributed by atoms with Crippen molar-refractivity contribution >= 4 is 5.91 Å². The van der Waals surface area contributed by atoms with Gasteiger partial charge in [0.2, 0.25) is 5.91 Å². The maximum Gasteiger partial charge on any atom is 0.241 e. The van der Waals surface area contributed by atoms with E-state index in [0.717, 1.165) is 13.0 Å². The molecule has 1 amide bonds. The van der Waals surface area contributed by atoms with Gasteiger partial charge in [0.1, 0.15) is 6.04 Å². The molecule has 17 heavy (non-hydrogen) atoms. The van der Waals surface area contributed by atoms with Crippen LogP contribution in [0.4, 0.5) is 0 Å². The second-order valence-corrected chi connectivity index (χ2v) is 5.28. The van der Waals surface area contributed by atoms with Crippen LogP contribution >= 0.6 is 0 Å². The van der Waals surface area contributed by atoms with E-state index < -0.39 is 0 Å². The normalized spacial score (nSPS) is 26.1. The minimum absolute atomic E-state index is 0.120. The van der Waals surface area contributed by atoms with Crippen LogP contribution in [-0.2, 0) is 9.53 Å². The van der Waals surface area contributed by atoms with E-state index >= 15 is 0 Å². The van der Waals surface area contributed by atoms with Gasteiger partial charge in [-0.25, -0.2) is 0 Å². The first-order valence-corrected chi connectivity index (χ1v) is 6.14. The first-order chi connectivity index (χ1) is 7.94. The summed E-state index contributed by atoms with van der Waals surface area (Å²) in [6.07, 6.45) is 0.954. The third-order valence-electron chi connectivity index (χ3n) is 3.63. The Morgan fingerprint density at radius 3 is 2.71 bits per heavy atom. The quantitative estimate of drug-likeness (QED) is 0.749. The molecule has 1 heterocycles. The predicted octanol–water partition coefficient (Wildman–Crippen LogP) is -0.0972. The van der Waals surface area contributed by atoms with Crippen LogP contribution in [0.1, 0.15) is 20.3 Å². The fourth-order valence-corrected chi connectivity index (χ4v) is 2.28. The maximum atomic E-state index is 12.5. The number of nitrogens with zero attached hydrogens (tertiary/aromatic N) is 2. The van der Waals surface area contributed by atoms with Crippen molar-refractivity contribution in [1.29, 1.82) is 0 Å². The molecule has 0 radical (unpaired) electrons. The lowest BCUT2D eigenvalue weighted by Gasteiger charge is -2.37. The van der Waals surface area contributed by atoms with Gasteiger partial charge in [-0.2, -0.15) is 0 Å². The first kappa shape index (κ1) is 14.4. The summed E-state index contributed by atoms with van der Waals surface area (Å²) >= 11 is 0. The van der Waals surface area contributed by atoms with Gasteiger partial charge in [0.15, 0.2) is 0 Å². The highest BCUT2D eigenvalue weighted by atomic mass is 16.5. The zero-order valence-corrected chi connectivity index (χ0v) is 11.4. The smallest absolute Gasteiger partial charge is 0.241 e. The Hall–Kier alpha value is -0.650. The molecule has 1 unspecified atom stereocenters. The minimum atomic E-state index is -0.200. The number of amides is 1. The fourth-order valence-electron chi connectivity index (χ4n) is 2.28. The summed E-state index contributed by atoms with van der Waals surface area (Å²) in [6.45, 7) is 6.67. The standard InChI is InChI=1S/C12H25N3O2/c1-12(2)5-6-14(3)10(9-13)11(16)15(12)7-8-17-4/h10H,5-9,13H2,1-4H3. The Morgan fingerprint density at radius 1 is 1.53 bits per heavy atom. The van der Waals surface area contributed by atoms with Gasteiger partial charge in [-0.15, -0.1) is 0 Å². The van der Waals surface area contributed by atoms with Crippen molar-refractivity contribution in [3.63, 3.8) is 0 Å². The third kappa shape index (κ3) is 3.18. The lowest BCUT2D eigenvalue weighted by atomic mass is 9.98. The summed E-state index contributed by atoms with van der Waals surface area (Å²) in [5.41, 5.74) is 5.58. The van der Waals surface area contributed by atoms with Gasteiger partial charge in [0.05, 0.1) is 6.61 Å². The van der Waals surface area contributed by atoms with E-state index in [1.807, 2.05) is 11.9 Å². The average Bonchev–Trinajstić information content (AvgIpc) is 2.34. The van der Waals surface area contributed by atoms with Gasteiger partial charge in [0, 0.05) is 32.3 Å². The van der Waals surface area contributed by atoms with E-state index in [1.165, 1.54) is 0 Å². The van der Waals surface area contributed by atoms with Crippen LogP contribution in [0, 0.1) is 0 Å². The first-order valence-electron chi connectivity index (χ1n) is 6.14. The highest BCUT2D eigenvalue weighted by molar-refractivity contribution is 5.83. The van der Waals surface area contributed by atoms with Gasteiger partial charge in [0.25, 0.3) is 0 Å². The molecule has 0 aliphatic carbocycles. The summed E-state index contributed by atoms with van der Waals surface area (Å²) < 4.78 is 5.08. The van der Waals surface area contributed by atoms with Crippen molar-refractivity contribution < 1.29 is 9.53 Å². The van der Waals surface area contributed by atoms with Gasteiger partial charge in [-0.1, -0.05) is 0 Å². The van der Waals surface area contributed by atoms with Gasteiger partial charge in [-0.3, -0.25) is 9.69 Å². The second kappa shape index (κ2) is 5.80. The number of methoxy groups -OCH3 is 1. The maximum absolute atomic E-state index is 12.5. The molecule has 1 fully saturated rings. The van der Waals surface area contributed by atoms with Crippen LogP contribution in [0.15, 0.2) is 0 Å². The average molecular weight is 243 g/mol. The molecule has 1 saturated heterocycles. The predicted molar refractivity (Wildman–Crippen MR) is 67.8 cm³/mol. The Bertz CT molecular complexity index is 268. The van der Waals surface area contributed by atoms with Crippen LogP contribution in [0.25, 0.3) is 0 Å². The molecule has 1 aliphatic heterocycles. The lowest BCUT2D eigenvalue weighted by Crippen LogP contribution is -2.54. The molecule has 2 N–H and O–H groups in total. The van der Waals surface area contributed by atoms with Crippen molar-refractivity contribution in [2.45, 2.75) is 31.8 Å². The SMILES string of the molecule is COCCN1C(=O)C(CN)N(C)CCC1(C)C. The minimum Gasteiger partial charge on any atom is -0.383 e. The van der Waals surface area contributed by atoms with Gasteiger partial charge in [-0.05, 0) is 27.3 Å². The van der Waals surface area contributed by atoms with E-state index in [9.17, 15) is 4.79 Å². The topological polar surface area (TPSA) is 58.8 Å². The molecule has 0 aromatic heterocycles. The Morgan fingerprint density at radius 2 is 2.18 bits per heavy atom. The molecular weight excluding hydrogens is 218 g/mol. The molecule has 1 atom stereocenters. The number of rotatable bonds is 4. The Balaban J connectivity index is 2.89. The van der Waals surface area contributed by atoms with E-state index in [4.69, 9.17) is 10.5 Å². The highest BCUT2D eigenvalue weighted by Crippen LogP contribution is 2.24. The Kier molecular flexibility index (Phi) is 4.91. The van der Waals surface area contributed by atoms with Crippen LogP contribution in [0.5, 0.6) is 0 Å². The molecule has 0 bridgehead atoms. The summed E-state index contributed by atoms with van der Waals surface area (Å²) in [7, 11) is 3.62. The Labute approximate surface area is 104 Å². The molecule has 1 aliphatic rings. The summed E-state index contributed by atoms with van der Waals surface area (Å²) in [6, 6.07) is -0.200. The van der Waals surface area contributed by atoms with Crippen molar-refractivity contribution in [2.75, 3.05) is 40.4 Å². The van der Waals surface area contributed by atoms with Crippen molar-refractivity contribution in [3.05, 3.63) is 0 Å². The second-order valence-electron chi connectivity index (χ2n) is 5.28. The molecular formula is C12H25N3O2. The monoisotopic (exact) mass is 243 g/mol. The number of hydrogen-bond donors (Lipinski definition) is 1. The molecule has 100 valence electrons. The van der Waals surface area contributed by atoms with E-state index in [1.54, 1.807) is 7.11 Å². The van der Waals surface area contributed by atoms with Crippen molar-refractivity contribution in [3.8, 4) is 0 Å². The molecule has 0 spiro atoms. The number of ether oxygens (including phenoxy) is 1. The number of nitrogens with two attached hydrogens (primary N) is 1. The van der Waals surface area contributed by atoms with Crippen molar-refractivity contribution in [2.24, 2.45) is 5.73 Å². The summed E-state index contributed by atoms with van der Waals surface area (Å²) in [5.74, 6) is 0.120. The number of carbonyl (C=O) groups excluding carboxylic acids is 1. The molecule has 5 nitrogen and oxygen atoms in total. The zero-order chi connectivity index (χ0) is 13.1. The summed E-state index contributed by atoms with van der Waals surface area (Å²) in [4.78, 5) is 16.4. The fraction of sp³-hybridized carbons (Fsp3) is 0.917. The van der Waals surface area contributed by atoms with Gasteiger partial charge < -0.3 is 15.4 Å². The summed E-state index contributed by atoms with van der Waals surface area (Å²) in [5, 5.41) is 0. The molecule has 0 saturated carbocycles. The largest absolute Gasteiger partial charge is 0.383 e. The molecule has 1 rings (SSSR count). The third-order valence-corrected chi connectivity index (χ3v) is 3.63. The van der Waals surface area contributed by atoms with Crippen LogP contribution in [-0.4, -0.2) is 67.7 Å². The van der Waals surface area contributed by atoms with E-state index in [0.29, 0.717) is 19.7 Å². The number of carbonyl (C=O) groups is 1. The molecule has 0 aromatic rings. The zero-order valence-electron chi connectivity index (χ0n) is 11.4. The highest BCUT2D eigenvalue weighted by Gasteiger charge is 2.38. The van der Waals surface area contributed by atoms with Gasteiger partial charge >= 0.3 is 0 Å². The number of hydrogen-bond acceptors (Lipinski definition) is 4. The number of likely N-dealkylation sites (N-methyl/N-ethyl adjacent to an activating group) is 1. The van der Waals surface area contributed by atoms with Crippen molar-refractivity contribution in [1.82, 2.24) is 9.80 Å². The molecule has 5 heteroatoms. The lowest BCUT2D eigenvalue weighted by molar-refractivity contribution is -0.140.